The van der Waals surface area contributed by atoms with Gasteiger partial charge in [0.15, 0.2) is 0 Å². The van der Waals surface area contributed by atoms with Gasteiger partial charge in [-0.2, -0.15) is 26.3 Å². The molecule has 6 nitrogen and oxygen atoms in total. The van der Waals surface area contributed by atoms with E-state index in [1.54, 1.807) is 54.6 Å². The quantitative estimate of drug-likeness (QED) is 0.114. The number of hydrogen-bond donors (Lipinski definition) is 2. The van der Waals surface area contributed by atoms with Gasteiger partial charge in [0.1, 0.15) is 12.0 Å². The molecule has 0 atom stereocenters. The van der Waals surface area contributed by atoms with Crippen LogP contribution < -0.4 is 15.4 Å². The molecule has 4 aromatic carbocycles. The third-order valence-electron chi connectivity index (χ3n) is 8.54. The highest BCUT2D eigenvalue weighted by molar-refractivity contribution is 6.08. The van der Waals surface area contributed by atoms with Crippen molar-refractivity contribution in [2.75, 3.05) is 18.5 Å². The summed E-state index contributed by atoms with van der Waals surface area (Å²) < 4.78 is 84.3. The Bertz CT molecular complexity index is 1960. The maximum atomic E-state index is 13.6. The topological polar surface area (TPSA) is 80.3 Å². The van der Waals surface area contributed by atoms with Crippen molar-refractivity contribution in [2.45, 2.75) is 30.6 Å². The smallest absolute Gasteiger partial charge is 0.416 e. The van der Waals surface area contributed by atoms with Crippen LogP contribution in [0.2, 0.25) is 0 Å². The molecule has 6 rings (SSSR count). The van der Waals surface area contributed by atoms with Crippen molar-refractivity contribution < 1.29 is 40.7 Å². The molecule has 0 bridgehead atoms. The zero-order valence-electron chi connectivity index (χ0n) is 26.2. The summed E-state index contributed by atoms with van der Waals surface area (Å²) in [5.74, 6) is -1.02. The monoisotopic (exact) mass is 689 g/mol. The van der Waals surface area contributed by atoms with Gasteiger partial charge < -0.3 is 15.4 Å². The third kappa shape index (κ3) is 7.05. The molecule has 0 saturated carbocycles. The number of ether oxygens (including phenoxy) is 1. The van der Waals surface area contributed by atoms with Gasteiger partial charge in [-0.3, -0.25) is 9.59 Å². The van der Waals surface area contributed by atoms with E-state index < -0.39 is 41.7 Å². The van der Waals surface area contributed by atoms with E-state index >= 15 is 0 Å². The van der Waals surface area contributed by atoms with E-state index in [0.29, 0.717) is 34.4 Å². The molecule has 2 amide bonds. The average Bonchev–Trinajstić information content (AvgIpc) is 3.39. The van der Waals surface area contributed by atoms with Crippen LogP contribution in [-0.4, -0.2) is 36.1 Å². The molecule has 1 heterocycles. The average molecular weight is 690 g/mol. The molecule has 0 radical (unpaired) electrons. The molecular weight excluding hydrogens is 660 g/mol. The molecule has 50 heavy (non-hydrogen) atoms. The lowest BCUT2D eigenvalue weighted by Gasteiger charge is -2.31. The third-order valence-corrected chi connectivity index (χ3v) is 8.54. The number of hydrogen-bond acceptors (Lipinski definition) is 4. The van der Waals surface area contributed by atoms with E-state index in [4.69, 9.17) is 4.74 Å². The first-order valence-corrected chi connectivity index (χ1v) is 15.6. The molecule has 0 saturated heterocycles. The summed E-state index contributed by atoms with van der Waals surface area (Å²) in [5.41, 5.74) is 2.13. The highest BCUT2D eigenvalue weighted by Gasteiger charge is 2.49. The Kier molecular flexibility index (Phi) is 9.37. The minimum Gasteiger partial charge on any atom is -0.478 e. The number of nitrogens with one attached hydrogen (secondary N) is 2. The molecule has 2 N–H and O–H groups in total. The molecule has 0 aliphatic heterocycles. The van der Waals surface area contributed by atoms with Gasteiger partial charge in [-0.15, -0.1) is 0 Å². The van der Waals surface area contributed by atoms with E-state index in [1.165, 1.54) is 24.4 Å². The summed E-state index contributed by atoms with van der Waals surface area (Å²) in [7, 11) is 0. The Morgan fingerprint density at radius 3 is 1.90 bits per heavy atom. The molecule has 1 aliphatic rings. The fourth-order valence-electron chi connectivity index (χ4n) is 6.31. The van der Waals surface area contributed by atoms with Crippen LogP contribution in [-0.2, 0) is 16.4 Å². The van der Waals surface area contributed by atoms with Gasteiger partial charge in [0.05, 0.1) is 24.1 Å². The summed E-state index contributed by atoms with van der Waals surface area (Å²) in [5, 5.41) is 4.84. The highest BCUT2D eigenvalue weighted by Crippen LogP contribution is 2.51. The lowest BCUT2D eigenvalue weighted by Crippen LogP contribution is -2.47. The summed E-state index contributed by atoms with van der Waals surface area (Å²) in [6, 6.07) is 28.5. The number of pyridine rings is 1. The number of benzene rings is 4. The predicted octanol–water partition coefficient (Wildman–Crippen LogP) is 8.82. The molecule has 12 heteroatoms. The Labute approximate surface area is 283 Å². The lowest BCUT2D eigenvalue weighted by atomic mass is 9.73. The van der Waals surface area contributed by atoms with Gasteiger partial charge in [0.2, 0.25) is 11.8 Å². The van der Waals surface area contributed by atoms with Crippen LogP contribution in [0.4, 0.5) is 32.0 Å². The minimum atomic E-state index is -4.58. The second-order valence-corrected chi connectivity index (χ2v) is 11.7. The summed E-state index contributed by atoms with van der Waals surface area (Å²) in [6.07, 6.45) is -7.22. The van der Waals surface area contributed by atoms with Crippen molar-refractivity contribution in [1.29, 1.82) is 0 Å². The SMILES string of the molecule is O=C(Nc1ccc(OCCCC2(C(=O)NCC(F)(F)F)c3ccccc3-c3ccccc32)nc1)c1ccccc1-c1ccc(C(F)(F)F)cc1. The van der Waals surface area contributed by atoms with E-state index in [2.05, 4.69) is 15.6 Å². The van der Waals surface area contributed by atoms with Crippen LogP contribution in [0.1, 0.15) is 39.9 Å². The molecule has 5 aromatic rings. The van der Waals surface area contributed by atoms with E-state index in [-0.39, 0.29) is 24.5 Å². The molecule has 0 fully saturated rings. The van der Waals surface area contributed by atoms with Gasteiger partial charge in [-0.05, 0) is 70.5 Å². The maximum absolute atomic E-state index is 13.6. The molecule has 256 valence electrons. The van der Waals surface area contributed by atoms with Crippen LogP contribution in [0.5, 0.6) is 5.88 Å². The van der Waals surface area contributed by atoms with Crippen molar-refractivity contribution in [3.05, 3.63) is 138 Å². The number of rotatable bonds is 10. The zero-order valence-corrected chi connectivity index (χ0v) is 26.2. The van der Waals surface area contributed by atoms with Gasteiger partial charge in [0, 0.05) is 11.6 Å². The fraction of sp³-hybridized carbons (Fsp3) is 0.184. The van der Waals surface area contributed by atoms with Gasteiger partial charge in [-0.1, -0.05) is 78.9 Å². The number of carbonyl (C=O) groups excluding carboxylic acids is 2. The summed E-state index contributed by atoms with van der Waals surface area (Å²) >= 11 is 0. The highest BCUT2D eigenvalue weighted by atomic mass is 19.4. The first kappa shape index (κ1) is 34.2. The first-order chi connectivity index (χ1) is 23.9. The van der Waals surface area contributed by atoms with Gasteiger partial charge in [-0.25, -0.2) is 4.98 Å². The number of amides is 2. The Hall–Kier alpha value is -5.65. The Morgan fingerprint density at radius 1 is 0.720 bits per heavy atom. The number of halogens is 6. The molecular formula is C38H29F6N3O3. The number of fused-ring (bicyclic) bond motifs is 3. The second-order valence-electron chi connectivity index (χ2n) is 11.7. The normalized spacial score (nSPS) is 13.2. The van der Waals surface area contributed by atoms with E-state index in [0.717, 1.165) is 23.3 Å². The number of aromatic nitrogens is 1. The first-order valence-electron chi connectivity index (χ1n) is 15.6. The Balaban J connectivity index is 1.12. The predicted molar refractivity (Wildman–Crippen MR) is 176 cm³/mol. The number of carbonyl (C=O) groups is 2. The number of alkyl halides is 6. The molecule has 0 unspecified atom stereocenters. The van der Waals surface area contributed by atoms with E-state index in [1.807, 2.05) is 24.3 Å². The lowest BCUT2D eigenvalue weighted by molar-refractivity contribution is -0.141. The van der Waals surface area contributed by atoms with Crippen LogP contribution in [0, 0.1) is 0 Å². The van der Waals surface area contributed by atoms with Gasteiger partial charge in [0.25, 0.3) is 5.91 Å². The van der Waals surface area contributed by atoms with Crippen molar-refractivity contribution in [3.63, 3.8) is 0 Å². The molecule has 1 aliphatic carbocycles. The summed E-state index contributed by atoms with van der Waals surface area (Å²) in [6.45, 7) is -1.36. The number of nitrogens with zero attached hydrogens (tertiary/aromatic N) is 1. The van der Waals surface area contributed by atoms with Crippen molar-refractivity contribution >= 4 is 17.5 Å². The minimum absolute atomic E-state index is 0.0951. The molecule has 1 aromatic heterocycles. The van der Waals surface area contributed by atoms with Crippen LogP contribution in [0.15, 0.2) is 115 Å². The summed E-state index contributed by atoms with van der Waals surface area (Å²) in [4.78, 5) is 31.1. The van der Waals surface area contributed by atoms with Crippen molar-refractivity contribution in [1.82, 2.24) is 10.3 Å². The fourth-order valence-corrected chi connectivity index (χ4v) is 6.31. The maximum Gasteiger partial charge on any atom is 0.416 e. The van der Waals surface area contributed by atoms with Crippen molar-refractivity contribution in [3.8, 4) is 28.1 Å². The largest absolute Gasteiger partial charge is 0.478 e. The van der Waals surface area contributed by atoms with Crippen LogP contribution in [0.25, 0.3) is 22.3 Å². The number of anilines is 1. The van der Waals surface area contributed by atoms with E-state index in [9.17, 15) is 35.9 Å². The van der Waals surface area contributed by atoms with Crippen LogP contribution in [0.3, 0.4) is 0 Å². The second kappa shape index (κ2) is 13.7. The molecule has 0 spiro atoms. The van der Waals surface area contributed by atoms with Gasteiger partial charge >= 0.3 is 12.4 Å². The van der Waals surface area contributed by atoms with Crippen molar-refractivity contribution in [2.24, 2.45) is 0 Å². The standard InChI is InChI=1S/C38H29F6N3O3/c39-37(40,41)23-46-35(49)36(31-12-5-3-9-28(31)29-10-4-6-13-32(29)36)20-7-21-50-33-19-18-26(22-45-33)47-34(48)30-11-2-1-8-27(30)24-14-16-25(17-15-24)38(42,43)44/h1-6,8-19,22H,7,20-21,23H2,(H,46,49)(H,47,48). The van der Waals surface area contributed by atoms with Crippen LogP contribution >= 0.6 is 0 Å². The Morgan fingerprint density at radius 2 is 1.32 bits per heavy atom. The zero-order chi connectivity index (χ0) is 35.5.